The van der Waals surface area contributed by atoms with Gasteiger partial charge in [-0.05, 0) is 44.7 Å². The molecular weight excluding hydrogens is 322 g/mol. The highest BCUT2D eigenvalue weighted by Gasteiger charge is 2.25. The van der Waals surface area contributed by atoms with E-state index in [1.54, 1.807) is 0 Å². The summed E-state index contributed by atoms with van der Waals surface area (Å²) >= 11 is 1.44. The lowest BCUT2D eigenvalue weighted by Gasteiger charge is -2.38. The van der Waals surface area contributed by atoms with Gasteiger partial charge in [-0.2, -0.15) is 4.52 Å². The molecule has 0 spiro atoms. The number of anilines is 1. The Balaban J connectivity index is 1.70. The van der Waals surface area contributed by atoms with Gasteiger partial charge in [-0.15, -0.1) is 5.10 Å². The first-order chi connectivity index (χ1) is 11.4. The van der Waals surface area contributed by atoms with Crippen molar-refractivity contribution in [1.29, 1.82) is 0 Å². The summed E-state index contributed by atoms with van der Waals surface area (Å²) < 4.78 is 1.38. The number of hydrogen-bond acceptors (Lipinski definition) is 6. The van der Waals surface area contributed by atoms with Gasteiger partial charge < -0.3 is 5.32 Å². The number of nitrogens with zero attached hydrogens (tertiary/aromatic N) is 4. The van der Waals surface area contributed by atoms with Gasteiger partial charge in [-0.3, -0.25) is 9.69 Å². The number of nitrogens with one attached hydrogen (secondary N) is 1. The van der Waals surface area contributed by atoms with E-state index in [2.05, 4.69) is 41.1 Å². The zero-order valence-corrected chi connectivity index (χ0v) is 15.8. The first-order valence-corrected chi connectivity index (χ1v) is 9.61. The van der Waals surface area contributed by atoms with E-state index in [-0.39, 0.29) is 5.56 Å². The van der Waals surface area contributed by atoms with Crippen molar-refractivity contribution in [2.45, 2.75) is 46.6 Å². The third kappa shape index (κ3) is 3.78. The van der Waals surface area contributed by atoms with Crippen LogP contribution in [0.4, 0.5) is 5.13 Å². The second-order valence-corrected chi connectivity index (χ2v) is 8.20. The van der Waals surface area contributed by atoms with Crippen LogP contribution in [0.1, 0.15) is 39.3 Å². The lowest BCUT2D eigenvalue weighted by Crippen LogP contribution is -2.47. The molecule has 0 aromatic carbocycles. The van der Waals surface area contributed by atoms with Crippen LogP contribution in [0.5, 0.6) is 0 Å². The highest BCUT2D eigenvalue weighted by atomic mass is 32.1. The summed E-state index contributed by atoms with van der Waals surface area (Å²) in [5.74, 6) is 1.41. The van der Waals surface area contributed by atoms with Gasteiger partial charge in [-0.1, -0.05) is 32.1 Å². The fraction of sp³-hybridized carbons (Fsp3) is 0.706. The second kappa shape index (κ2) is 7.19. The summed E-state index contributed by atoms with van der Waals surface area (Å²) in [6, 6.07) is 2.00. The molecule has 1 aliphatic heterocycles. The fourth-order valence-corrected chi connectivity index (χ4v) is 4.19. The van der Waals surface area contributed by atoms with E-state index >= 15 is 0 Å². The molecule has 2 aromatic heterocycles. The van der Waals surface area contributed by atoms with E-state index in [0.29, 0.717) is 16.9 Å². The topological polar surface area (TPSA) is 62.5 Å². The van der Waals surface area contributed by atoms with Crippen molar-refractivity contribution in [3.8, 4) is 0 Å². The van der Waals surface area contributed by atoms with Crippen molar-refractivity contribution in [3.63, 3.8) is 0 Å². The normalized spacial score (nSPS) is 18.4. The van der Waals surface area contributed by atoms with Crippen LogP contribution < -0.4 is 10.9 Å². The predicted molar refractivity (Wildman–Crippen MR) is 99.0 cm³/mol. The quantitative estimate of drug-likeness (QED) is 0.899. The van der Waals surface area contributed by atoms with Crippen LogP contribution in [0.25, 0.3) is 4.96 Å². The molecular formula is C17H27N5OS. The summed E-state index contributed by atoms with van der Waals surface area (Å²) in [7, 11) is 0. The number of piperidine rings is 1. The minimum Gasteiger partial charge on any atom is -0.358 e. The molecule has 3 rings (SSSR count). The lowest BCUT2D eigenvalue weighted by atomic mass is 9.94. The van der Waals surface area contributed by atoms with Gasteiger partial charge in [0.1, 0.15) is 0 Å². The van der Waals surface area contributed by atoms with Gasteiger partial charge in [0.15, 0.2) is 0 Å². The minimum atomic E-state index is -0.118. The van der Waals surface area contributed by atoms with E-state index < -0.39 is 0 Å². The molecule has 3 heterocycles. The average molecular weight is 350 g/mol. The lowest BCUT2D eigenvalue weighted by molar-refractivity contribution is 0.115. The smallest absolute Gasteiger partial charge is 0.275 e. The van der Waals surface area contributed by atoms with Crippen LogP contribution in [0, 0.1) is 18.8 Å². The third-order valence-electron chi connectivity index (χ3n) is 4.89. The van der Waals surface area contributed by atoms with Crippen LogP contribution in [0.3, 0.4) is 0 Å². The summed E-state index contributed by atoms with van der Waals surface area (Å²) in [5, 5.41) is 8.57. The molecule has 0 saturated carbocycles. The van der Waals surface area contributed by atoms with Crippen LogP contribution in [-0.4, -0.2) is 45.2 Å². The molecule has 1 fully saturated rings. The Morgan fingerprint density at radius 3 is 2.75 bits per heavy atom. The molecule has 1 aliphatic rings. The van der Waals surface area contributed by atoms with Gasteiger partial charge in [0.05, 0.1) is 0 Å². The van der Waals surface area contributed by atoms with Crippen molar-refractivity contribution in [1.82, 2.24) is 19.5 Å². The van der Waals surface area contributed by atoms with Gasteiger partial charge in [-0.25, -0.2) is 4.98 Å². The van der Waals surface area contributed by atoms with Crippen molar-refractivity contribution < 1.29 is 0 Å². The van der Waals surface area contributed by atoms with E-state index in [1.165, 1.54) is 47.8 Å². The standard InChI is InChI=1S/C17H27N5OS/c1-11(2)14(21-7-5-12(3)6-8-21)10-18-16-20-22-15(23)9-13(4)19-17(22)24-16/h9,11-12,14H,5-8,10H2,1-4H3,(H,18,20)/t14-/m0/s1. The van der Waals surface area contributed by atoms with Gasteiger partial charge >= 0.3 is 0 Å². The largest absolute Gasteiger partial charge is 0.358 e. The maximum atomic E-state index is 12.0. The Morgan fingerprint density at radius 1 is 1.38 bits per heavy atom. The molecule has 24 heavy (non-hydrogen) atoms. The third-order valence-corrected chi connectivity index (χ3v) is 5.76. The summed E-state index contributed by atoms with van der Waals surface area (Å²) in [5.41, 5.74) is 0.616. The second-order valence-electron chi connectivity index (χ2n) is 7.25. The molecule has 0 bridgehead atoms. The van der Waals surface area contributed by atoms with Gasteiger partial charge in [0.25, 0.3) is 5.56 Å². The van der Waals surface area contributed by atoms with E-state index in [1.807, 2.05) is 6.92 Å². The first-order valence-electron chi connectivity index (χ1n) is 8.79. The fourth-order valence-electron chi connectivity index (χ4n) is 3.33. The van der Waals surface area contributed by atoms with Crippen molar-refractivity contribution in [2.75, 3.05) is 25.0 Å². The molecule has 1 N–H and O–H groups in total. The molecule has 0 unspecified atom stereocenters. The Hall–Kier alpha value is -1.47. The minimum absolute atomic E-state index is 0.118. The number of likely N-dealkylation sites (tertiary alicyclic amines) is 1. The summed E-state index contributed by atoms with van der Waals surface area (Å²) in [6.07, 6.45) is 2.56. The SMILES string of the molecule is Cc1cc(=O)n2nc(NC[C@@H](C(C)C)N3CCC(C)CC3)sc2n1. The van der Waals surface area contributed by atoms with E-state index in [4.69, 9.17) is 0 Å². The van der Waals surface area contributed by atoms with Crippen molar-refractivity contribution in [3.05, 3.63) is 22.1 Å². The average Bonchev–Trinajstić information content (AvgIpc) is 2.92. The number of fused-ring (bicyclic) bond motifs is 1. The Morgan fingerprint density at radius 2 is 2.08 bits per heavy atom. The Bertz CT molecular complexity index is 745. The number of aromatic nitrogens is 3. The number of rotatable bonds is 5. The van der Waals surface area contributed by atoms with Crippen LogP contribution in [-0.2, 0) is 0 Å². The van der Waals surface area contributed by atoms with E-state index in [9.17, 15) is 4.79 Å². The monoisotopic (exact) mass is 349 g/mol. The maximum absolute atomic E-state index is 12.0. The maximum Gasteiger partial charge on any atom is 0.275 e. The predicted octanol–water partition coefficient (Wildman–Crippen LogP) is 2.63. The molecule has 7 heteroatoms. The van der Waals surface area contributed by atoms with Crippen molar-refractivity contribution in [2.24, 2.45) is 11.8 Å². The molecule has 132 valence electrons. The zero-order chi connectivity index (χ0) is 17.3. The van der Waals surface area contributed by atoms with Crippen LogP contribution in [0.2, 0.25) is 0 Å². The number of hydrogen-bond donors (Lipinski definition) is 1. The van der Waals surface area contributed by atoms with Gasteiger partial charge in [0, 0.05) is 24.3 Å². The molecule has 6 nitrogen and oxygen atoms in total. The zero-order valence-electron chi connectivity index (χ0n) is 15.0. The molecule has 0 amide bonds. The first kappa shape index (κ1) is 17.4. The summed E-state index contributed by atoms with van der Waals surface area (Å²) in [6.45, 7) is 11.9. The molecule has 0 aliphatic carbocycles. The molecule has 1 atom stereocenters. The number of aryl methyl sites for hydroxylation is 1. The molecule has 0 radical (unpaired) electrons. The highest BCUT2D eigenvalue weighted by molar-refractivity contribution is 7.20. The Kier molecular flexibility index (Phi) is 5.20. The molecule has 2 aromatic rings. The molecule has 1 saturated heterocycles. The van der Waals surface area contributed by atoms with E-state index in [0.717, 1.165) is 23.3 Å². The van der Waals surface area contributed by atoms with Crippen molar-refractivity contribution >= 4 is 21.4 Å². The van der Waals surface area contributed by atoms with Crippen LogP contribution >= 0.6 is 11.3 Å². The summed E-state index contributed by atoms with van der Waals surface area (Å²) in [4.78, 5) is 19.6. The van der Waals surface area contributed by atoms with Crippen LogP contribution in [0.15, 0.2) is 10.9 Å². The highest BCUT2D eigenvalue weighted by Crippen LogP contribution is 2.23. The van der Waals surface area contributed by atoms with Gasteiger partial charge in [0.2, 0.25) is 10.1 Å². The Labute approximate surface area is 146 Å².